The summed E-state index contributed by atoms with van der Waals surface area (Å²) in [6.07, 6.45) is 0. The molecule has 0 amide bonds. The molecular weight excluding hydrogens is 310 g/mol. The Morgan fingerprint density at radius 1 is 1.26 bits per heavy atom. The highest BCUT2D eigenvalue weighted by atomic mass is 79.9. The second-order valence-corrected chi connectivity index (χ2v) is 5.48. The van der Waals surface area contributed by atoms with Crippen molar-refractivity contribution in [2.75, 3.05) is 26.9 Å². The Kier molecular flexibility index (Phi) is 7.20. The number of ether oxygens (including phenoxy) is 3. The Hall–Kier alpha value is -0.780. The number of nitrogens with two attached hydrogens (primary N) is 1. The van der Waals surface area contributed by atoms with E-state index in [-0.39, 0.29) is 0 Å². The number of benzene rings is 1. The fourth-order valence-electron chi connectivity index (χ4n) is 1.55. The Morgan fingerprint density at radius 2 is 2.00 bits per heavy atom. The van der Waals surface area contributed by atoms with Crippen LogP contribution in [0, 0.1) is 5.92 Å². The van der Waals surface area contributed by atoms with Gasteiger partial charge in [0.15, 0.2) is 11.5 Å². The standard InChI is InChI=1S/C14H22BrNO3/c1-10(2)9-18-4-5-19-14-12(15)6-11(8-16)7-13(14)17-3/h6-7,10H,4-5,8-9,16H2,1-3H3. The van der Waals surface area contributed by atoms with Gasteiger partial charge in [0.05, 0.1) is 18.2 Å². The average molecular weight is 332 g/mol. The summed E-state index contributed by atoms with van der Waals surface area (Å²) in [6, 6.07) is 3.82. The SMILES string of the molecule is COc1cc(CN)cc(Br)c1OCCOCC(C)C. The molecule has 0 saturated carbocycles. The lowest BCUT2D eigenvalue weighted by Crippen LogP contribution is -2.11. The first-order chi connectivity index (χ1) is 9.08. The molecule has 0 bridgehead atoms. The molecule has 0 spiro atoms. The van der Waals surface area contributed by atoms with Crippen molar-refractivity contribution in [1.82, 2.24) is 0 Å². The predicted molar refractivity (Wildman–Crippen MR) is 79.7 cm³/mol. The van der Waals surface area contributed by atoms with Crippen LogP contribution in [0.2, 0.25) is 0 Å². The minimum absolute atomic E-state index is 0.465. The molecule has 1 aromatic carbocycles. The average Bonchev–Trinajstić information content (AvgIpc) is 2.38. The number of hydrogen-bond donors (Lipinski definition) is 1. The van der Waals surface area contributed by atoms with Gasteiger partial charge < -0.3 is 19.9 Å². The van der Waals surface area contributed by atoms with Gasteiger partial charge in [-0.3, -0.25) is 0 Å². The highest BCUT2D eigenvalue weighted by molar-refractivity contribution is 9.10. The minimum atomic E-state index is 0.465. The van der Waals surface area contributed by atoms with Gasteiger partial charge in [0, 0.05) is 13.2 Å². The van der Waals surface area contributed by atoms with E-state index in [1.807, 2.05) is 12.1 Å². The van der Waals surface area contributed by atoms with Gasteiger partial charge in [-0.25, -0.2) is 0 Å². The van der Waals surface area contributed by atoms with Gasteiger partial charge in [0.2, 0.25) is 0 Å². The molecule has 0 fully saturated rings. The molecule has 0 aliphatic heterocycles. The van der Waals surface area contributed by atoms with Crippen molar-refractivity contribution in [3.05, 3.63) is 22.2 Å². The summed E-state index contributed by atoms with van der Waals surface area (Å²) in [7, 11) is 1.62. The Bertz CT molecular complexity index is 397. The van der Waals surface area contributed by atoms with Crippen LogP contribution in [0.1, 0.15) is 19.4 Å². The van der Waals surface area contributed by atoms with Crippen LogP contribution in [0.4, 0.5) is 0 Å². The van der Waals surface area contributed by atoms with Crippen molar-refractivity contribution in [3.63, 3.8) is 0 Å². The van der Waals surface area contributed by atoms with Crippen LogP contribution in [-0.2, 0) is 11.3 Å². The molecule has 0 heterocycles. The fourth-order valence-corrected chi connectivity index (χ4v) is 2.16. The molecule has 1 aromatic rings. The first kappa shape index (κ1) is 16.3. The van der Waals surface area contributed by atoms with Crippen LogP contribution >= 0.6 is 15.9 Å². The zero-order valence-electron chi connectivity index (χ0n) is 11.7. The summed E-state index contributed by atoms with van der Waals surface area (Å²) in [5, 5.41) is 0. The van der Waals surface area contributed by atoms with Gasteiger partial charge >= 0.3 is 0 Å². The molecule has 1 rings (SSSR count). The molecule has 2 N–H and O–H groups in total. The molecule has 0 aliphatic carbocycles. The van der Waals surface area contributed by atoms with Crippen molar-refractivity contribution in [2.45, 2.75) is 20.4 Å². The van der Waals surface area contributed by atoms with E-state index in [0.717, 1.165) is 16.6 Å². The van der Waals surface area contributed by atoms with Gasteiger partial charge in [-0.15, -0.1) is 0 Å². The summed E-state index contributed by atoms with van der Waals surface area (Å²) in [5.41, 5.74) is 6.62. The molecule has 19 heavy (non-hydrogen) atoms. The Morgan fingerprint density at radius 3 is 2.58 bits per heavy atom. The van der Waals surface area contributed by atoms with Gasteiger partial charge in [-0.05, 0) is 39.5 Å². The predicted octanol–water partition coefficient (Wildman–Crippen LogP) is 2.97. The maximum atomic E-state index is 5.70. The first-order valence-corrected chi connectivity index (χ1v) is 7.14. The summed E-state index contributed by atoms with van der Waals surface area (Å²) in [6.45, 7) is 6.49. The van der Waals surface area contributed by atoms with Gasteiger partial charge in [0.25, 0.3) is 0 Å². The van der Waals surface area contributed by atoms with Gasteiger partial charge in [-0.1, -0.05) is 13.8 Å². The molecule has 4 nitrogen and oxygen atoms in total. The van der Waals surface area contributed by atoms with E-state index in [1.54, 1.807) is 7.11 Å². The number of halogens is 1. The van der Waals surface area contributed by atoms with Gasteiger partial charge in [0.1, 0.15) is 6.61 Å². The monoisotopic (exact) mass is 331 g/mol. The number of rotatable bonds is 8. The van der Waals surface area contributed by atoms with Crippen molar-refractivity contribution in [1.29, 1.82) is 0 Å². The van der Waals surface area contributed by atoms with E-state index in [0.29, 0.717) is 37.2 Å². The lowest BCUT2D eigenvalue weighted by Gasteiger charge is -2.14. The fraction of sp³-hybridized carbons (Fsp3) is 0.571. The van der Waals surface area contributed by atoms with E-state index in [2.05, 4.69) is 29.8 Å². The maximum Gasteiger partial charge on any atom is 0.175 e. The second-order valence-electron chi connectivity index (χ2n) is 4.63. The van der Waals surface area contributed by atoms with E-state index < -0.39 is 0 Å². The molecule has 0 aliphatic rings. The number of hydrogen-bond acceptors (Lipinski definition) is 4. The third-order valence-corrected chi connectivity index (χ3v) is 3.04. The van der Waals surface area contributed by atoms with Crippen LogP contribution in [0.25, 0.3) is 0 Å². The van der Waals surface area contributed by atoms with E-state index >= 15 is 0 Å². The molecular formula is C14H22BrNO3. The zero-order chi connectivity index (χ0) is 14.3. The van der Waals surface area contributed by atoms with Crippen LogP contribution < -0.4 is 15.2 Å². The minimum Gasteiger partial charge on any atom is -0.493 e. The van der Waals surface area contributed by atoms with Crippen molar-refractivity contribution < 1.29 is 14.2 Å². The van der Waals surface area contributed by atoms with Gasteiger partial charge in [-0.2, -0.15) is 0 Å². The lowest BCUT2D eigenvalue weighted by molar-refractivity contribution is 0.0808. The van der Waals surface area contributed by atoms with Crippen LogP contribution in [0.3, 0.4) is 0 Å². The third-order valence-electron chi connectivity index (χ3n) is 2.45. The Balaban J connectivity index is 2.57. The third kappa shape index (κ3) is 5.38. The molecule has 108 valence electrons. The topological polar surface area (TPSA) is 53.7 Å². The largest absolute Gasteiger partial charge is 0.493 e. The molecule has 0 radical (unpaired) electrons. The molecule has 0 atom stereocenters. The van der Waals surface area contributed by atoms with Crippen LogP contribution in [-0.4, -0.2) is 26.9 Å². The van der Waals surface area contributed by atoms with Crippen molar-refractivity contribution in [3.8, 4) is 11.5 Å². The van der Waals surface area contributed by atoms with Crippen molar-refractivity contribution in [2.24, 2.45) is 11.7 Å². The highest BCUT2D eigenvalue weighted by Gasteiger charge is 2.11. The molecule has 0 saturated heterocycles. The summed E-state index contributed by atoms with van der Waals surface area (Å²) >= 11 is 3.47. The van der Waals surface area contributed by atoms with Crippen LogP contribution in [0.5, 0.6) is 11.5 Å². The summed E-state index contributed by atoms with van der Waals surface area (Å²) in [5.74, 6) is 1.90. The van der Waals surface area contributed by atoms with E-state index in [1.165, 1.54) is 0 Å². The van der Waals surface area contributed by atoms with Crippen LogP contribution in [0.15, 0.2) is 16.6 Å². The summed E-state index contributed by atoms with van der Waals surface area (Å²) in [4.78, 5) is 0. The lowest BCUT2D eigenvalue weighted by atomic mass is 10.2. The Labute approximate surface area is 123 Å². The highest BCUT2D eigenvalue weighted by Crippen LogP contribution is 2.36. The summed E-state index contributed by atoms with van der Waals surface area (Å²) < 4.78 is 17.3. The van der Waals surface area contributed by atoms with E-state index in [9.17, 15) is 0 Å². The van der Waals surface area contributed by atoms with E-state index in [4.69, 9.17) is 19.9 Å². The van der Waals surface area contributed by atoms with Crippen molar-refractivity contribution >= 4 is 15.9 Å². The second kappa shape index (κ2) is 8.40. The molecule has 5 heteroatoms. The smallest absolute Gasteiger partial charge is 0.175 e. The quantitative estimate of drug-likeness (QED) is 0.744. The molecule has 0 aromatic heterocycles. The zero-order valence-corrected chi connectivity index (χ0v) is 13.3. The molecule has 0 unspecified atom stereocenters. The normalized spacial score (nSPS) is 10.8. The number of methoxy groups -OCH3 is 1. The maximum absolute atomic E-state index is 5.70. The first-order valence-electron chi connectivity index (χ1n) is 6.35.